The van der Waals surface area contributed by atoms with Gasteiger partial charge in [-0.25, -0.2) is 8.42 Å². The molecule has 102 valence electrons. The molecular weight excluding hydrogens is 278 g/mol. The first-order chi connectivity index (χ1) is 8.14. The van der Waals surface area contributed by atoms with Crippen molar-refractivity contribution in [2.75, 3.05) is 18.6 Å². The average molecular weight is 293 g/mol. The van der Waals surface area contributed by atoms with E-state index in [1.54, 1.807) is 0 Å². The van der Waals surface area contributed by atoms with Crippen molar-refractivity contribution in [1.29, 1.82) is 5.26 Å². The van der Waals surface area contributed by atoms with Gasteiger partial charge in [-0.05, 0) is 25.7 Å². The van der Waals surface area contributed by atoms with E-state index in [4.69, 9.17) is 5.26 Å². The Morgan fingerprint density at radius 1 is 1.17 bits per heavy atom. The van der Waals surface area contributed by atoms with Crippen molar-refractivity contribution < 1.29 is 21.0 Å². The predicted octanol–water partition coefficient (Wildman–Crippen LogP) is 0.214. The predicted molar refractivity (Wildman–Crippen MR) is 63.8 cm³/mol. The molecule has 0 radical (unpaired) electrons. The van der Waals surface area contributed by atoms with E-state index in [-0.39, 0.29) is 12.4 Å². The molecule has 8 heteroatoms. The summed E-state index contributed by atoms with van der Waals surface area (Å²) >= 11 is 0. The summed E-state index contributed by atoms with van der Waals surface area (Å²) in [4.78, 5) is 0. The zero-order valence-corrected chi connectivity index (χ0v) is 11.7. The van der Waals surface area contributed by atoms with Crippen LogP contribution in [0.5, 0.6) is 0 Å². The minimum absolute atomic E-state index is 0.177. The highest BCUT2D eigenvalue weighted by Crippen LogP contribution is 2.52. The summed E-state index contributed by atoms with van der Waals surface area (Å²) in [5.74, 6) is -0.177. The molecule has 2 rings (SSSR count). The van der Waals surface area contributed by atoms with Crippen LogP contribution in [0.3, 0.4) is 0 Å². The van der Waals surface area contributed by atoms with E-state index >= 15 is 0 Å². The van der Waals surface area contributed by atoms with Crippen LogP contribution in [0.15, 0.2) is 0 Å². The summed E-state index contributed by atoms with van der Waals surface area (Å²) in [6.45, 7) is -0.324. The van der Waals surface area contributed by atoms with Crippen molar-refractivity contribution in [2.45, 2.75) is 30.4 Å². The highest BCUT2D eigenvalue weighted by Gasteiger charge is 2.59. The third kappa shape index (κ3) is 2.68. The minimum Gasteiger partial charge on any atom is -0.269 e. The van der Waals surface area contributed by atoms with Crippen LogP contribution in [0, 0.1) is 16.7 Å². The van der Waals surface area contributed by atoms with Gasteiger partial charge in [0.05, 0.1) is 34.8 Å². The fraction of sp³-hybridized carbons (Fsp3) is 0.900. The van der Waals surface area contributed by atoms with Gasteiger partial charge in [-0.15, -0.1) is 0 Å². The average Bonchev–Trinajstić information content (AvgIpc) is 3.09. The maximum Gasteiger partial charge on any atom is 0.264 e. The highest BCUT2D eigenvalue weighted by atomic mass is 32.2. The Labute approximate surface area is 107 Å². The van der Waals surface area contributed by atoms with Crippen LogP contribution < -0.4 is 0 Å². The van der Waals surface area contributed by atoms with E-state index in [1.165, 1.54) is 0 Å². The molecule has 6 nitrogen and oxygen atoms in total. The van der Waals surface area contributed by atoms with Crippen LogP contribution in [-0.2, 0) is 24.1 Å². The molecule has 0 spiro atoms. The van der Waals surface area contributed by atoms with E-state index in [0.717, 1.165) is 6.26 Å². The standard InChI is InChI=1S/C10H15NO5S2/c1-17(12,13)16-7-10(4-5-10)18(14,15)8-9(6-11)2-3-9/h2-5,7-8H2,1H3. The zero-order valence-electron chi connectivity index (χ0n) is 10.0. The fourth-order valence-electron chi connectivity index (χ4n) is 1.86. The Morgan fingerprint density at radius 2 is 1.72 bits per heavy atom. The Morgan fingerprint density at radius 3 is 2.06 bits per heavy atom. The van der Waals surface area contributed by atoms with Gasteiger partial charge in [0, 0.05) is 0 Å². The van der Waals surface area contributed by atoms with E-state index in [0.29, 0.717) is 25.7 Å². The van der Waals surface area contributed by atoms with Gasteiger partial charge < -0.3 is 0 Å². The first-order valence-electron chi connectivity index (χ1n) is 5.62. The van der Waals surface area contributed by atoms with Crippen LogP contribution in [-0.4, -0.2) is 40.2 Å². The number of sulfone groups is 1. The van der Waals surface area contributed by atoms with Crippen molar-refractivity contribution >= 4 is 20.0 Å². The molecule has 0 saturated heterocycles. The fourth-order valence-corrected chi connectivity index (χ4v) is 4.72. The summed E-state index contributed by atoms with van der Waals surface area (Å²) in [6, 6.07) is 2.04. The number of nitriles is 1. The summed E-state index contributed by atoms with van der Waals surface area (Å²) in [7, 11) is -7.13. The van der Waals surface area contributed by atoms with Crippen LogP contribution in [0.2, 0.25) is 0 Å². The van der Waals surface area contributed by atoms with Crippen LogP contribution in [0.1, 0.15) is 25.7 Å². The molecule has 0 aromatic heterocycles. The monoisotopic (exact) mass is 293 g/mol. The molecule has 0 amide bonds. The molecule has 0 bridgehead atoms. The molecule has 0 atom stereocenters. The normalized spacial score (nSPS) is 24.2. The molecule has 0 aliphatic heterocycles. The molecule has 2 saturated carbocycles. The van der Waals surface area contributed by atoms with E-state index in [2.05, 4.69) is 4.18 Å². The van der Waals surface area contributed by atoms with Crippen molar-refractivity contribution in [2.24, 2.45) is 5.41 Å². The number of hydrogen-bond acceptors (Lipinski definition) is 6. The first kappa shape index (κ1) is 13.8. The summed E-state index contributed by atoms with van der Waals surface area (Å²) in [5.41, 5.74) is -0.737. The Kier molecular flexibility index (Phi) is 3.00. The molecule has 2 fully saturated rings. The van der Waals surface area contributed by atoms with Gasteiger partial charge >= 0.3 is 0 Å². The van der Waals surface area contributed by atoms with E-state index < -0.39 is 30.1 Å². The van der Waals surface area contributed by atoms with Crippen LogP contribution in [0.4, 0.5) is 0 Å². The second kappa shape index (κ2) is 3.92. The van der Waals surface area contributed by atoms with Gasteiger partial charge in [0.2, 0.25) is 0 Å². The van der Waals surface area contributed by atoms with Crippen molar-refractivity contribution in [1.82, 2.24) is 0 Å². The molecular formula is C10H15NO5S2. The third-order valence-electron chi connectivity index (χ3n) is 3.56. The van der Waals surface area contributed by atoms with Gasteiger partial charge in [0.25, 0.3) is 10.1 Å². The largest absolute Gasteiger partial charge is 0.269 e. The second-order valence-corrected chi connectivity index (χ2v) is 9.33. The van der Waals surface area contributed by atoms with Crippen molar-refractivity contribution in [3.63, 3.8) is 0 Å². The quantitative estimate of drug-likeness (QED) is 0.649. The van der Waals surface area contributed by atoms with E-state index in [1.807, 2.05) is 6.07 Å². The molecule has 0 aromatic carbocycles. The highest BCUT2D eigenvalue weighted by molar-refractivity contribution is 7.93. The van der Waals surface area contributed by atoms with E-state index in [9.17, 15) is 16.8 Å². The maximum atomic E-state index is 12.2. The van der Waals surface area contributed by atoms with Crippen LogP contribution >= 0.6 is 0 Å². The van der Waals surface area contributed by atoms with Gasteiger partial charge in [-0.3, -0.25) is 4.18 Å². The molecule has 0 N–H and O–H groups in total. The maximum absolute atomic E-state index is 12.2. The Hall–Kier alpha value is -0.650. The first-order valence-corrected chi connectivity index (χ1v) is 9.09. The van der Waals surface area contributed by atoms with Crippen molar-refractivity contribution in [3.05, 3.63) is 0 Å². The SMILES string of the molecule is CS(=O)(=O)OCC1(S(=O)(=O)CC2(C#N)CC2)CC1. The summed E-state index contributed by atoms with van der Waals surface area (Å²) in [5, 5.41) is 8.92. The topological polar surface area (TPSA) is 101 Å². The molecule has 0 aromatic rings. The smallest absolute Gasteiger partial charge is 0.264 e. The lowest BCUT2D eigenvalue weighted by molar-refractivity contribution is 0.310. The number of rotatable bonds is 6. The van der Waals surface area contributed by atoms with Gasteiger partial charge in [-0.2, -0.15) is 13.7 Å². The molecule has 2 aliphatic carbocycles. The van der Waals surface area contributed by atoms with Gasteiger partial charge in [0.15, 0.2) is 9.84 Å². The minimum atomic E-state index is -3.64. The Balaban J connectivity index is 2.08. The van der Waals surface area contributed by atoms with Crippen LogP contribution in [0.25, 0.3) is 0 Å². The number of hydrogen-bond donors (Lipinski definition) is 0. The van der Waals surface area contributed by atoms with Gasteiger partial charge in [-0.1, -0.05) is 0 Å². The lowest BCUT2D eigenvalue weighted by Gasteiger charge is -2.17. The molecule has 0 unspecified atom stereocenters. The lowest BCUT2D eigenvalue weighted by Crippen LogP contribution is -2.34. The molecule has 0 heterocycles. The van der Waals surface area contributed by atoms with Gasteiger partial charge in [0.1, 0.15) is 0 Å². The second-order valence-electron chi connectivity index (χ2n) is 5.30. The van der Waals surface area contributed by atoms with Crippen molar-refractivity contribution in [3.8, 4) is 6.07 Å². The Bertz CT molecular complexity index is 591. The summed E-state index contributed by atoms with van der Waals surface area (Å²) in [6.07, 6.45) is 2.92. The third-order valence-corrected chi connectivity index (χ3v) is 6.88. The molecule has 18 heavy (non-hydrogen) atoms. The number of nitrogens with zero attached hydrogens (tertiary/aromatic N) is 1. The molecule has 2 aliphatic rings. The zero-order chi connectivity index (χ0) is 13.7. The summed E-state index contributed by atoms with van der Waals surface area (Å²) < 4.78 is 49.8. The lowest BCUT2D eigenvalue weighted by atomic mass is 10.2.